The van der Waals surface area contributed by atoms with E-state index in [2.05, 4.69) is 6.92 Å². The fourth-order valence-corrected chi connectivity index (χ4v) is 3.42. The summed E-state index contributed by atoms with van der Waals surface area (Å²) in [6.07, 6.45) is 13.6. The first-order valence-electron chi connectivity index (χ1n) is 9.45. The first kappa shape index (κ1) is 22.4. The standard InChI is InChI=1S/C19H39NO3/c1-5-6-7-8-9-10-11-12-13-14-15-19(2,23)17-20(3,4)16-18(21)22/h23H,5-17H2,1-4H3/p+1. The summed E-state index contributed by atoms with van der Waals surface area (Å²) in [6.45, 7) is 4.62. The lowest BCUT2D eigenvalue weighted by Crippen LogP contribution is -2.52. The van der Waals surface area contributed by atoms with Crippen molar-refractivity contribution in [2.24, 2.45) is 0 Å². The SMILES string of the molecule is CCCCCCCCCCCCC(C)(O)C[N+](C)(C)CC(=O)O. The highest BCUT2D eigenvalue weighted by atomic mass is 16.4. The number of nitrogens with zero attached hydrogens (tertiary/aromatic N) is 1. The van der Waals surface area contributed by atoms with E-state index in [1.165, 1.54) is 51.4 Å². The number of carbonyl (C=O) groups is 1. The van der Waals surface area contributed by atoms with Gasteiger partial charge in [-0.05, 0) is 13.3 Å². The average molecular weight is 331 g/mol. The maximum Gasteiger partial charge on any atom is 0.359 e. The average Bonchev–Trinajstić information content (AvgIpc) is 2.37. The van der Waals surface area contributed by atoms with Gasteiger partial charge in [0.25, 0.3) is 0 Å². The molecule has 0 radical (unpaired) electrons. The molecule has 0 saturated heterocycles. The zero-order valence-corrected chi connectivity index (χ0v) is 15.9. The smallest absolute Gasteiger partial charge is 0.359 e. The zero-order valence-electron chi connectivity index (χ0n) is 15.9. The third kappa shape index (κ3) is 14.7. The van der Waals surface area contributed by atoms with E-state index in [-0.39, 0.29) is 6.54 Å². The Morgan fingerprint density at radius 3 is 1.78 bits per heavy atom. The molecular formula is C19H40NO3+. The van der Waals surface area contributed by atoms with Gasteiger partial charge in [0.2, 0.25) is 0 Å². The number of carboxylic acid groups (broad SMARTS) is 1. The van der Waals surface area contributed by atoms with Crippen molar-refractivity contribution in [2.45, 2.75) is 90.1 Å². The number of aliphatic hydroxyl groups is 1. The second-order valence-corrected chi connectivity index (χ2v) is 8.07. The summed E-state index contributed by atoms with van der Waals surface area (Å²) in [5, 5.41) is 19.4. The Hall–Kier alpha value is -0.610. The molecule has 0 aromatic heterocycles. The molecule has 0 aromatic carbocycles. The molecule has 0 aliphatic heterocycles. The lowest BCUT2D eigenvalue weighted by molar-refractivity contribution is -0.889. The maximum absolute atomic E-state index is 10.8. The van der Waals surface area contributed by atoms with Crippen LogP contribution in [-0.2, 0) is 4.79 Å². The van der Waals surface area contributed by atoms with E-state index >= 15 is 0 Å². The Bertz CT molecular complexity index is 314. The third-order valence-corrected chi connectivity index (χ3v) is 4.40. The molecule has 0 amide bonds. The number of hydrogen-bond acceptors (Lipinski definition) is 2. The second kappa shape index (κ2) is 11.9. The first-order valence-corrected chi connectivity index (χ1v) is 9.45. The molecule has 0 saturated carbocycles. The highest BCUT2D eigenvalue weighted by Gasteiger charge is 2.31. The molecule has 0 rings (SSSR count). The minimum Gasteiger partial charge on any atom is -0.477 e. The van der Waals surface area contributed by atoms with Gasteiger partial charge in [0, 0.05) is 0 Å². The van der Waals surface area contributed by atoms with Crippen molar-refractivity contribution >= 4 is 5.97 Å². The maximum atomic E-state index is 10.8. The van der Waals surface area contributed by atoms with Crippen LogP contribution < -0.4 is 0 Å². The fourth-order valence-electron chi connectivity index (χ4n) is 3.42. The highest BCUT2D eigenvalue weighted by molar-refractivity contribution is 5.67. The van der Waals surface area contributed by atoms with Gasteiger partial charge < -0.3 is 14.7 Å². The minimum atomic E-state index is -0.815. The molecular weight excluding hydrogens is 290 g/mol. The Kier molecular flexibility index (Phi) is 11.5. The van der Waals surface area contributed by atoms with Crippen molar-refractivity contribution in [2.75, 3.05) is 27.2 Å². The third-order valence-electron chi connectivity index (χ3n) is 4.40. The summed E-state index contributed by atoms with van der Waals surface area (Å²) in [5.41, 5.74) is -0.779. The molecule has 0 spiro atoms. The summed E-state index contributed by atoms with van der Waals surface area (Å²) in [6, 6.07) is 0. The second-order valence-electron chi connectivity index (χ2n) is 8.07. The van der Waals surface area contributed by atoms with E-state index in [0.717, 1.165) is 19.3 Å². The van der Waals surface area contributed by atoms with Crippen LogP contribution in [0.2, 0.25) is 0 Å². The van der Waals surface area contributed by atoms with Crippen molar-refractivity contribution in [3.05, 3.63) is 0 Å². The zero-order chi connectivity index (χ0) is 17.8. The van der Waals surface area contributed by atoms with Gasteiger partial charge in [-0.1, -0.05) is 71.1 Å². The van der Waals surface area contributed by atoms with Gasteiger partial charge in [-0.3, -0.25) is 0 Å². The Morgan fingerprint density at radius 1 is 0.913 bits per heavy atom. The van der Waals surface area contributed by atoms with Crippen LogP contribution in [0.4, 0.5) is 0 Å². The van der Waals surface area contributed by atoms with Crippen LogP contribution in [0.3, 0.4) is 0 Å². The molecule has 4 heteroatoms. The number of quaternary nitrogens is 1. The van der Waals surface area contributed by atoms with Gasteiger partial charge in [0.1, 0.15) is 12.1 Å². The fraction of sp³-hybridized carbons (Fsp3) is 0.947. The van der Waals surface area contributed by atoms with Gasteiger partial charge >= 0.3 is 5.97 Å². The van der Waals surface area contributed by atoms with Crippen LogP contribution in [-0.4, -0.2) is 53.5 Å². The Balaban J connectivity index is 3.68. The van der Waals surface area contributed by atoms with Gasteiger partial charge in [0.05, 0.1) is 14.1 Å². The molecule has 0 aromatic rings. The Morgan fingerprint density at radius 2 is 1.35 bits per heavy atom. The summed E-state index contributed by atoms with van der Waals surface area (Å²) in [5.74, 6) is -0.815. The number of aliphatic carboxylic acids is 1. The minimum absolute atomic E-state index is 0.0498. The number of unbranched alkanes of at least 4 members (excludes halogenated alkanes) is 9. The Labute approximate surface area is 143 Å². The van der Waals surface area contributed by atoms with Crippen molar-refractivity contribution in [1.29, 1.82) is 0 Å². The quantitative estimate of drug-likeness (QED) is 0.349. The van der Waals surface area contributed by atoms with E-state index < -0.39 is 11.6 Å². The van der Waals surface area contributed by atoms with E-state index in [9.17, 15) is 9.90 Å². The molecule has 138 valence electrons. The van der Waals surface area contributed by atoms with E-state index in [0.29, 0.717) is 11.0 Å². The van der Waals surface area contributed by atoms with Crippen molar-refractivity contribution < 1.29 is 19.5 Å². The molecule has 0 fully saturated rings. The molecule has 4 nitrogen and oxygen atoms in total. The van der Waals surface area contributed by atoms with Crippen LogP contribution in [0.15, 0.2) is 0 Å². The molecule has 2 N–H and O–H groups in total. The van der Waals surface area contributed by atoms with E-state index in [4.69, 9.17) is 5.11 Å². The lowest BCUT2D eigenvalue weighted by Gasteiger charge is -2.35. The van der Waals surface area contributed by atoms with Gasteiger partial charge in [0.15, 0.2) is 6.54 Å². The van der Waals surface area contributed by atoms with Crippen molar-refractivity contribution in [1.82, 2.24) is 0 Å². The normalized spacial score (nSPS) is 14.7. The number of rotatable bonds is 15. The predicted molar refractivity (Wildman–Crippen MR) is 96.6 cm³/mol. The number of carboxylic acids is 1. The molecule has 1 atom stereocenters. The summed E-state index contributed by atoms with van der Waals surface area (Å²) < 4.78 is 0.320. The molecule has 0 aliphatic rings. The first-order chi connectivity index (χ1) is 10.7. The molecule has 0 aliphatic carbocycles. The van der Waals surface area contributed by atoms with Gasteiger partial charge in [-0.2, -0.15) is 0 Å². The van der Waals surface area contributed by atoms with Crippen LogP contribution >= 0.6 is 0 Å². The number of hydrogen-bond donors (Lipinski definition) is 2. The van der Waals surface area contributed by atoms with Crippen molar-refractivity contribution in [3.8, 4) is 0 Å². The van der Waals surface area contributed by atoms with Crippen molar-refractivity contribution in [3.63, 3.8) is 0 Å². The van der Waals surface area contributed by atoms with Crippen LogP contribution in [0, 0.1) is 0 Å². The van der Waals surface area contributed by atoms with Crippen LogP contribution in [0.5, 0.6) is 0 Å². The summed E-state index contributed by atoms with van der Waals surface area (Å²) in [4.78, 5) is 10.8. The van der Waals surface area contributed by atoms with E-state index in [1.54, 1.807) is 0 Å². The molecule has 23 heavy (non-hydrogen) atoms. The monoisotopic (exact) mass is 330 g/mol. The topological polar surface area (TPSA) is 57.5 Å². The van der Waals surface area contributed by atoms with Crippen LogP contribution in [0.25, 0.3) is 0 Å². The summed E-state index contributed by atoms with van der Waals surface area (Å²) >= 11 is 0. The van der Waals surface area contributed by atoms with Crippen LogP contribution in [0.1, 0.15) is 84.5 Å². The molecule has 0 bridgehead atoms. The lowest BCUT2D eigenvalue weighted by atomic mass is 9.96. The largest absolute Gasteiger partial charge is 0.477 e. The van der Waals surface area contributed by atoms with E-state index in [1.807, 2.05) is 21.0 Å². The molecule has 1 unspecified atom stereocenters. The van der Waals surface area contributed by atoms with Gasteiger partial charge in [-0.15, -0.1) is 0 Å². The molecule has 0 heterocycles. The number of likely N-dealkylation sites (N-methyl/N-ethyl adjacent to an activating group) is 1. The van der Waals surface area contributed by atoms with Gasteiger partial charge in [-0.25, -0.2) is 4.79 Å². The predicted octanol–water partition coefficient (Wildman–Crippen LogP) is 4.21. The summed E-state index contributed by atoms with van der Waals surface area (Å²) in [7, 11) is 3.72. The highest BCUT2D eigenvalue weighted by Crippen LogP contribution is 2.19.